The molecule has 3 fully saturated rings. The Kier molecular flexibility index (Phi) is 17.1. The van der Waals surface area contributed by atoms with Crippen molar-refractivity contribution >= 4 is 38.5 Å². The number of carboxylic acid groups (broad SMARTS) is 1. The van der Waals surface area contributed by atoms with Gasteiger partial charge in [0.1, 0.15) is 53.7 Å². The number of piperazine rings is 1. The normalized spacial score (nSPS) is 21.6. The van der Waals surface area contributed by atoms with E-state index in [1.54, 1.807) is 12.1 Å². The van der Waals surface area contributed by atoms with Crippen LogP contribution in [-0.2, 0) is 26.4 Å². The van der Waals surface area contributed by atoms with Gasteiger partial charge in [-0.1, -0.05) is 67.4 Å². The maximum Gasteiger partial charge on any atom is 0.341 e. The van der Waals surface area contributed by atoms with E-state index >= 15 is 9.18 Å². The van der Waals surface area contributed by atoms with E-state index in [1.165, 1.54) is 55.2 Å². The van der Waals surface area contributed by atoms with E-state index in [0.717, 1.165) is 78.4 Å². The largest absolute Gasteiger partial charge is 0.494 e. The molecule has 18 heteroatoms. The van der Waals surface area contributed by atoms with Crippen LogP contribution in [0.2, 0.25) is 0 Å². The molecular weight excluding hydrogens is 981 g/mol. The molecule has 3 saturated heterocycles. The van der Waals surface area contributed by atoms with E-state index in [4.69, 9.17) is 28.8 Å². The van der Waals surface area contributed by atoms with Crippen LogP contribution in [0.3, 0.4) is 0 Å². The number of unbranched alkanes of at least 4 members (excludes halogenated alkanes) is 5. The van der Waals surface area contributed by atoms with Gasteiger partial charge in [-0.15, -0.1) is 0 Å². The monoisotopic (exact) mass is 1050 g/mol. The van der Waals surface area contributed by atoms with Crippen molar-refractivity contribution in [2.75, 3.05) is 72.9 Å². The van der Waals surface area contributed by atoms with Gasteiger partial charge in [-0.25, -0.2) is 23.2 Å². The fraction of sp³-hybridized carbons (Fsp3) is 0.404. The minimum Gasteiger partial charge on any atom is -0.494 e. The van der Waals surface area contributed by atoms with Crippen molar-refractivity contribution in [2.45, 2.75) is 94.7 Å². The first-order valence-corrected chi connectivity index (χ1v) is 27.7. The van der Waals surface area contributed by atoms with Crippen LogP contribution in [0.5, 0.6) is 17.2 Å². The van der Waals surface area contributed by atoms with Crippen molar-refractivity contribution in [1.29, 1.82) is 0 Å². The molecule has 5 aromatic carbocycles. The number of carbonyl (C=O) groups is 2. The van der Waals surface area contributed by atoms with Crippen LogP contribution in [0, 0.1) is 11.6 Å². The Bertz CT molecular complexity index is 2800. The molecule has 0 radical (unpaired) electrons. The Morgan fingerprint density at radius 1 is 0.813 bits per heavy atom. The number of aromatic nitrogens is 3. The SMILES string of the molecule is CCCCCCCCOc1ccc(NS2(c3ccc(N4CCN(c5ccc(OC[C@H]6OC[C@](Cn7cncn7)(c7ccc(F)cc7F)O6)cc5)CC4)cc3)CC(c3ccc(OCC(=O)O)cc3)N(C(C)C)C2=O)cc1. The molecule has 0 bridgehead atoms. The van der Waals surface area contributed by atoms with Gasteiger partial charge in [-0.05, 0) is 117 Å². The highest BCUT2D eigenvalue weighted by atomic mass is 32.3. The molecule has 6 aromatic rings. The molecule has 0 spiro atoms. The zero-order valence-electron chi connectivity index (χ0n) is 42.8. The summed E-state index contributed by atoms with van der Waals surface area (Å²) < 4.78 is 64.2. The molecule has 9 rings (SSSR count). The van der Waals surface area contributed by atoms with Gasteiger partial charge < -0.3 is 48.2 Å². The Morgan fingerprint density at radius 2 is 1.44 bits per heavy atom. The summed E-state index contributed by atoms with van der Waals surface area (Å²) in [7, 11) is -2.37. The minimum absolute atomic E-state index is 0.00653. The third-order valence-corrected chi connectivity index (χ3v) is 17.3. The zero-order chi connectivity index (χ0) is 52.4. The summed E-state index contributed by atoms with van der Waals surface area (Å²) in [4.78, 5) is 38.0. The van der Waals surface area contributed by atoms with Crippen LogP contribution < -0.4 is 28.7 Å². The van der Waals surface area contributed by atoms with Gasteiger partial charge in [0, 0.05) is 71.6 Å². The number of carbonyl (C=O) groups excluding carboxylic acids is 1. The predicted molar refractivity (Wildman–Crippen MR) is 286 cm³/mol. The highest BCUT2D eigenvalue weighted by Crippen LogP contribution is 2.65. The van der Waals surface area contributed by atoms with Gasteiger partial charge in [0.05, 0.1) is 25.8 Å². The maximum atomic E-state index is 15.2. The van der Waals surface area contributed by atoms with Crippen LogP contribution >= 0.6 is 10.2 Å². The summed E-state index contributed by atoms with van der Waals surface area (Å²) in [6.45, 7) is 9.86. The number of hydrogen-bond acceptors (Lipinski definition) is 12. The highest BCUT2D eigenvalue weighted by molar-refractivity contribution is 8.46. The fourth-order valence-electron chi connectivity index (χ4n) is 10.1. The van der Waals surface area contributed by atoms with Crippen LogP contribution in [0.25, 0.3) is 0 Å². The van der Waals surface area contributed by atoms with Gasteiger partial charge in [0.2, 0.25) is 0 Å². The molecule has 0 aliphatic carbocycles. The molecule has 2 unspecified atom stereocenters. The van der Waals surface area contributed by atoms with Crippen molar-refractivity contribution < 1.29 is 47.2 Å². The average Bonchev–Trinajstić information content (AvgIpc) is 4.21. The van der Waals surface area contributed by atoms with E-state index < -0.39 is 46.3 Å². The number of benzene rings is 5. The first-order chi connectivity index (χ1) is 36.4. The molecule has 3 aliphatic heterocycles. The van der Waals surface area contributed by atoms with E-state index in [-0.39, 0.29) is 42.6 Å². The Hall–Kier alpha value is -6.89. The highest BCUT2D eigenvalue weighted by Gasteiger charge is 2.51. The summed E-state index contributed by atoms with van der Waals surface area (Å²) in [6.07, 6.45) is 9.22. The number of rotatable bonds is 24. The minimum atomic E-state index is -2.37. The second-order valence-electron chi connectivity index (χ2n) is 19.5. The van der Waals surface area contributed by atoms with Crippen LogP contribution in [0.15, 0.2) is 133 Å². The maximum absolute atomic E-state index is 15.2. The van der Waals surface area contributed by atoms with Crippen molar-refractivity contribution in [2.24, 2.45) is 0 Å². The third-order valence-electron chi connectivity index (χ3n) is 14.0. The molecule has 15 nitrogen and oxygen atoms in total. The predicted octanol–water partition coefficient (Wildman–Crippen LogP) is 11.2. The molecular formula is C57H67F2N7O8S. The lowest BCUT2D eigenvalue weighted by molar-refractivity contribution is -0.139. The van der Waals surface area contributed by atoms with Crippen molar-refractivity contribution in [3.05, 3.63) is 151 Å². The number of nitrogens with one attached hydrogen (secondary N) is 1. The van der Waals surface area contributed by atoms with Gasteiger partial charge in [-0.3, -0.25) is 4.79 Å². The van der Waals surface area contributed by atoms with E-state index in [0.29, 0.717) is 23.9 Å². The Morgan fingerprint density at radius 3 is 2.08 bits per heavy atom. The second-order valence-corrected chi connectivity index (χ2v) is 22.4. The lowest BCUT2D eigenvalue weighted by Gasteiger charge is -2.38. The number of aliphatic carboxylic acids is 1. The standard InChI is InChI=1S/C57H67F2N7O8S/c1-4-5-6-7-8-9-32-70-47-21-13-44(14-22-47)62-75(36-53(66(41(2)3)56(75)69)42-10-19-48(20-11-42)71-34-54(67)68)50-25-17-46(18-26-50)64-30-28-63(29-31-64)45-15-23-49(24-16-45)72-35-55-73-38-57(74-55,37-65-40-60-39-61-65)51-27-12-43(58)33-52(51)59/h10-27,33,39-41,53,55,62H,4-9,28-32,34-38H2,1-3H3,(H,67,68)/t53?,55-,57+/m0/s1. The smallest absolute Gasteiger partial charge is 0.341 e. The fourth-order valence-corrected chi connectivity index (χ4v) is 13.6. The molecule has 1 amide bonds. The Labute approximate surface area is 439 Å². The summed E-state index contributed by atoms with van der Waals surface area (Å²) >= 11 is 0. The lowest BCUT2D eigenvalue weighted by atomic mass is 9.94. The van der Waals surface area contributed by atoms with Crippen LogP contribution in [0.4, 0.5) is 30.6 Å². The van der Waals surface area contributed by atoms with Gasteiger partial charge in [-0.2, -0.15) is 5.10 Å². The number of nitrogens with zero attached hydrogens (tertiary/aromatic N) is 6. The number of amides is 1. The van der Waals surface area contributed by atoms with Gasteiger partial charge in [0.25, 0.3) is 5.24 Å². The topological polar surface area (TPSA) is 153 Å². The third kappa shape index (κ3) is 12.6. The first kappa shape index (κ1) is 53.0. The van der Waals surface area contributed by atoms with Crippen molar-refractivity contribution in [1.82, 2.24) is 19.7 Å². The summed E-state index contributed by atoms with van der Waals surface area (Å²) in [5.41, 5.74) is 2.82. The quantitative estimate of drug-likeness (QED) is 0.0554. The molecule has 75 heavy (non-hydrogen) atoms. The van der Waals surface area contributed by atoms with E-state index in [9.17, 15) is 9.18 Å². The molecule has 4 heterocycles. The molecule has 3 aliphatic rings. The summed E-state index contributed by atoms with van der Waals surface area (Å²) in [6, 6.07) is 34.8. The van der Waals surface area contributed by atoms with Crippen LogP contribution in [0.1, 0.15) is 76.5 Å². The average molecular weight is 1050 g/mol. The zero-order valence-corrected chi connectivity index (χ0v) is 43.6. The molecule has 0 saturated carbocycles. The molecule has 2 N–H and O–H groups in total. The molecule has 1 aromatic heterocycles. The van der Waals surface area contributed by atoms with Crippen molar-refractivity contribution in [3.8, 4) is 17.2 Å². The molecule has 4 atom stereocenters. The summed E-state index contributed by atoms with van der Waals surface area (Å²) in [5.74, 6) is -0.0676. The summed E-state index contributed by atoms with van der Waals surface area (Å²) in [5, 5.41) is 13.4. The van der Waals surface area contributed by atoms with Gasteiger partial charge in [0.15, 0.2) is 12.9 Å². The van der Waals surface area contributed by atoms with Crippen LogP contribution in [-0.4, -0.2) is 107 Å². The molecule has 398 valence electrons. The van der Waals surface area contributed by atoms with Crippen molar-refractivity contribution in [3.63, 3.8) is 0 Å². The van der Waals surface area contributed by atoms with Gasteiger partial charge >= 0.3 is 5.97 Å². The number of anilines is 3. The number of halogens is 2. The lowest BCUT2D eigenvalue weighted by Crippen LogP contribution is -2.46. The van der Waals surface area contributed by atoms with E-state index in [1.807, 2.05) is 79.4 Å². The number of hydrogen-bond donors (Lipinski definition) is 2. The first-order valence-electron chi connectivity index (χ1n) is 25.9. The Balaban J connectivity index is 0.846. The number of carboxylic acids is 1. The second kappa shape index (κ2) is 24.2. The van der Waals surface area contributed by atoms with E-state index in [2.05, 4.69) is 55.8 Å². The number of ether oxygens (including phenoxy) is 5.